The standard InChI is InChI=1S/C13H17FN2O2S/c1-9(10-3-5-11(14)6-4-10)19-8-7-12(17)16-13(18)15-2/h3-6,9H,7-8H2,1-2H3,(H2,15,16,17,18)/t9-/m0/s1. The normalized spacial score (nSPS) is 11.7. The second-order valence-electron chi connectivity index (χ2n) is 3.94. The van der Waals surface area contributed by atoms with Crippen LogP contribution in [-0.4, -0.2) is 24.7 Å². The summed E-state index contributed by atoms with van der Waals surface area (Å²) in [7, 11) is 1.45. The van der Waals surface area contributed by atoms with Crippen LogP contribution in [0.25, 0.3) is 0 Å². The van der Waals surface area contributed by atoms with Gasteiger partial charge in [0.15, 0.2) is 0 Å². The van der Waals surface area contributed by atoms with Crippen molar-refractivity contribution in [2.45, 2.75) is 18.6 Å². The summed E-state index contributed by atoms with van der Waals surface area (Å²) >= 11 is 1.58. The molecule has 0 aliphatic heterocycles. The second-order valence-corrected chi connectivity index (χ2v) is 5.39. The highest BCUT2D eigenvalue weighted by atomic mass is 32.2. The van der Waals surface area contributed by atoms with Gasteiger partial charge in [-0.05, 0) is 24.6 Å². The molecule has 1 rings (SSSR count). The molecule has 0 bridgehead atoms. The van der Waals surface area contributed by atoms with Crippen molar-refractivity contribution >= 4 is 23.7 Å². The summed E-state index contributed by atoms with van der Waals surface area (Å²) in [6.07, 6.45) is 0.267. The van der Waals surface area contributed by atoms with Crippen molar-refractivity contribution in [3.05, 3.63) is 35.6 Å². The molecular weight excluding hydrogens is 267 g/mol. The molecule has 3 amide bonds. The lowest BCUT2D eigenvalue weighted by atomic mass is 10.2. The van der Waals surface area contributed by atoms with E-state index < -0.39 is 6.03 Å². The Bertz CT molecular complexity index is 437. The van der Waals surface area contributed by atoms with Gasteiger partial charge < -0.3 is 5.32 Å². The summed E-state index contributed by atoms with van der Waals surface area (Å²) in [5.41, 5.74) is 1.01. The molecule has 1 aromatic carbocycles. The minimum absolute atomic E-state index is 0.174. The Morgan fingerprint density at radius 2 is 1.95 bits per heavy atom. The first-order valence-electron chi connectivity index (χ1n) is 5.91. The maximum Gasteiger partial charge on any atom is 0.321 e. The van der Waals surface area contributed by atoms with Gasteiger partial charge in [-0.15, -0.1) is 0 Å². The number of hydrogen-bond acceptors (Lipinski definition) is 3. The van der Waals surface area contributed by atoms with E-state index in [1.54, 1.807) is 23.9 Å². The number of thioether (sulfide) groups is 1. The van der Waals surface area contributed by atoms with Crippen LogP contribution in [0.4, 0.5) is 9.18 Å². The summed E-state index contributed by atoms with van der Waals surface area (Å²) < 4.78 is 12.8. The molecule has 0 heterocycles. The van der Waals surface area contributed by atoms with Crippen LogP contribution in [0.5, 0.6) is 0 Å². The Labute approximate surface area is 116 Å². The monoisotopic (exact) mass is 284 g/mol. The van der Waals surface area contributed by atoms with Gasteiger partial charge in [0.05, 0.1) is 0 Å². The first-order chi connectivity index (χ1) is 9.02. The van der Waals surface area contributed by atoms with Gasteiger partial charge in [0, 0.05) is 24.5 Å². The molecule has 1 aromatic rings. The summed E-state index contributed by atoms with van der Waals surface area (Å²) in [5.74, 6) is 0.0329. The maximum atomic E-state index is 12.8. The van der Waals surface area contributed by atoms with Crippen LogP contribution in [0.1, 0.15) is 24.2 Å². The first-order valence-corrected chi connectivity index (χ1v) is 6.96. The van der Waals surface area contributed by atoms with Gasteiger partial charge in [-0.2, -0.15) is 11.8 Å². The number of urea groups is 1. The van der Waals surface area contributed by atoms with E-state index in [1.807, 2.05) is 6.92 Å². The van der Waals surface area contributed by atoms with Crippen LogP contribution in [0.2, 0.25) is 0 Å². The third kappa shape index (κ3) is 5.74. The molecule has 0 saturated carbocycles. The molecular formula is C13H17FN2O2S. The van der Waals surface area contributed by atoms with Crippen molar-refractivity contribution in [1.82, 2.24) is 10.6 Å². The number of carbonyl (C=O) groups excluding carboxylic acids is 2. The number of amides is 3. The lowest BCUT2D eigenvalue weighted by molar-refractivity contribution is -0.119. The molecule has 0 saturated heterocycles. The molecule has 19 heavy (non-hydrogen) atoms. The minimum Gasteiger partial charge on any atom is -0.341 e. The summed E-state index contributed by atoms with van der Waals surface area (Å²) in [6.45, 7) is 1.99. The molecule has 0 aromatic heterocycles. The average Bonchev–Trinajstić information content (AvgIpc) is 2.39. The fraction of sp³-hybridized carbons (Fsp3) is 0.385. The van der Waals surface area contributed by atoms with Crippen LogP contribution in [-0.2, 0) is 4.79 Å². The zero-order chi connectivity index (χ0) is 14.3. The van der Waals surface area contributed by atoms with Crippen LogP contribution in [0.15, 0.2) is 24.3 Å². The first kappa shape index (κ1) is 15.5. The van der Waals surface area contributed by atoms with Crippen molar-refractivity contribution in [1.29, 1.82) is 0 Å². The smallest absolute Gasteiger partial charge is 0.321 e. The van der Waals surface area contributed by atoms with E-state index in [0.717, 1.165) is 5.56 Å². The minimum atomic E-state index is -0.499. The number of halogens is 1. The van der Waals surface area contributed by atoms with Crippen molar-refractivity contribution < 1.29 is 14.0 Å². The number of nitrogens with one attached hydrogen (secondary N) is 2. The Morgan fingerprint density at radius 3 is 2.53 bits per heavy atom. The molecule has 2 N–H and O–H groups in total. The number of hydrogen-bond donors (Lipinski definition) is 2. The number of rotatable bonds is 5. The van der Waals surface area contributed by atoms with E-state index >= 15 is 0 Å². The van der Waals surface area contributed by atoms with Gasteiger partial charge >= 0.3 is 6.03 Å². The number of imide groups is 1. The zero-order valence-corrected chi connectivity index (χ0v) is 11.7. The SMILES string of the molecule is CNC(=O)NC(=O)CCS[C@@H](C)c1ccc(F)cc1. The van der Waals surface area contributed by atoms with E-state index in [1.165, 1.54) is 19.2 Å². The molecule has 0 fully saturated rings. The van der Waals surface area contributed by atoms with E-state index in [-0.39, 0.29) is 23.4 Å². The predicted molar refractivity (Wildman–Crippen MR) is 74.5 cm³/mol. The van der Waals surface area contributed by atoms with Gasteiger partial charge in [-0.25, -0.2) is 9.18 Å². The molecule has 1 atom stereocenters. The highest BCUT2D eigenvalue weighted by Crippen LogP contribution is 2.28. The van der Waals surface area contributed by atoms with E-state index in [9.17, 15) is 14.0 Å². The third-order valence-corrected chi connectivity index (χ3v) is 3.73. The van der Waals surface area contributed by atoms with Crippen LogP contribution >= 0.6 is 11.8 Å². The molecule has 4 nitrogen and oxygen atoms in total. The molecule has 0 spiro atoms. The quantitative estimate of drug-likeness (QED) is 0.873. The van der Waals surface area contributed by atoms with Crippen molar-refractivity contribution in [3.8, 4) is 0 Å². The van der Waals surface area contributed by atoms with Crippen molar-refractivity contribution in [3.63, 3.8) is 0 Å². The van der Waals surface area contributed by atoms with Crippen LogP contribution in [0.3, 0.4) is 0 Å². The molecule has 0 aliphatic carbocycles. The van der Waals surface area contributed by atoms with E-state index in [2.05, 4.69) is 10.6 Å². The Balaban J connectivity index is 2.31. The lowest BCUT2D eigenvalue weighted by Gasteiger charge is -2.11. The Hall–Kier alpha value is -1.56. The van der Waals surface area contributed by atoms with Gasteiger partial charge in [0.25, 0.3) is 0 Å². The highest BCUT2D eigenvalue weighted by Gasteiger charge is 2.09. The van der Waals surface area contributed by atoms with Crippen molar-refractivity contribution in [2.75, 3.05) is 12.8 Å². The predicted octanol–water partition coefficient (Wildman–Crippen LogP) is 2.47. The molecule has 104 valence electrons. The lowest BCUT2D eigenvalue weighted by Crippen LogP contribution is -2.37. The topological polar surface area (TPSA) is 58.2 Å². The van der Waals surface area contributed by atoms with Gasteiger partial charge in [0.2, 0.25) is 5.91 Å². The van der Waals surface area contributed by atoms with E-state index in [0.29, 0.717) is 5.75 Å². The molecule has 0 aliphatic rings. The number of benzene rings is 1. The average molecular weight is 284 g/mol. The summed E-state index contributed by atoms with van der Waals surface area (Å²) in [5, 5.41) is 4.69. The van der Waals surface area contributed by atoms with Crippen molar-refractivity contribution in [2.24, 2.45) is 0 Å². The summed E-state index contributed by atoms with van der Waals surface area (Å²) in [6, 6.07) is 5.81. The number of carbonyl (C=O) groups is 2. The van der Waals surface area contributed by atoms with Gasteiger partial charge in [0.1, 0.15) is 5.82 Å². The fourth-order valence-corrected chi connectivity index (χ4v) is 2.42. The Morgan fingerprint density at radius 1 is 1.32 bits per heavy atom. The zero-order valence-electron chi connectivity index (χ0n) is 10.9. The molecule has 0 radical (unpaired) electrons. The summed E-state index contributed by atoms with van der Waals surface area (Å²) in [4.78, 5) is 22.2. The van der Waals surface area contributed by atoms with Crippen LogP contribution < -0.4 is 10.6 Å². The third-order valence-electron chi connectivity index (χ3n) is 2.52. The van der Waals surface area contributed by atoms with E-state index in [4.69, 9.17) is 0 Å². The highest BCUT2D eigenvalue weighted by molar-refractivity contribution is 7.99. The molecule has 6 heteroatoms. The fourth-order valence-electron chi connectivity index (χ4n) is 1.41. The Kier molecular flexibility index (Phi) is 6.35. The van der Waals surface area contributed by atoms with Gasteiger partial charge in [-0.3, -0.25) is 10.1 Å². The largest absolute Gasteiger partial charge is 0.341 e. The van der Waals surface area contributed by atoms with Crippen LogP contribution in [0, 0.1) is 5.82 Å². The maximum absolute atomic E-state index is 12.8. The second kappa shape index (κ2) is 7.78. The molecule has 0 unspecified atom stereocenters. The van der Waals surface area contributed by atoms with Gasteiger partial charge in [-0.1, -0.05) is 12.1 Å².